The van der Waals surface area contributed by atoms with Crippen LogP contribution in [0, 0.1) is 11.3 Å². The smallest absolute Gasteiger partial charge is 0.285 e. The second-order valence-electron chi connectivity index (χ2n) is 3.38. The third-order valence-corrected chi connectivity index (χ3v) is 2.74. The van der Waals surface area contributed by atoms with E-state index >= 15 is 0 Å². The zero-order chi connectivity index (χ0) is 8.06. The summed E-state index contributed by atoms with van der Waals surface area (Å²) in [4.78, 5) is 21.8. The van der Waals surface area contributed by atoms with Gasteiger partial charge in [-0.15, -0.1) is 0 Å². The maximum absolute atomic E-state index is 11.2. The zero-order valence-electron chi connectivity index (χ0n) is 6.09. The van der Waals surface area contributed by atoms with Crippen LogP contribution in [0.2, 0.25) is 0 Å². The summed E-state index contributed by atoms with van der Waals surface area (Å²) >= 11 is 0. The molecule has 0 radical (unpaired) electrons. The number of piperidine rings is 1. The monoisotopic (exact) mass is 154 g/mol. The van der Waals surface area contributed by atoms with Crippen molar-refractivity contribution in [3.8, 4) is 0 Å². The Morgan fingerprint density at radius 3 is 2.64 bits per heavy atom. The third-order valence-electron chi connectivity index (χ3n) is 2.74. The maximum atomic E-state index is 11.2. The van der Waals surface area contributed by atoms with Crippen molar-refractivity contribution in [2.75, 3.05) is 13.1 Å². The average molecular weight is 154 g/mol. The van der Waals surface area contributed by atoms with Crippen LogP contribution in [0.5, 0.6) is 0 Å². The number of carbonyl (C=O) groups is 2. The van der Waals surface area contributed by atoms with E-state index < -0.39 is 5.91 Å². The molecule has 3 N–H and O–H groups in total. The summed E-state index contributed by atoms with van der Waals surface area (Å²) in [6.45, 7) is 1.50. The van der Waals surface area contributed by atoms with Gasteiger partial charge in [-0.2, -0.15) is 0 Å². The van der Waals surface area contributed by atoms with Gasteiger partial charge in [0.2, 0.25) is 5.78 Å². The first-order chi connectivity index (χ1) is 5.17. The maximum Gasteiger partial charge on any atom is 0.285 e. The van der Waals surface area contributed by atoms with Gasteiger partial charge in [0.15, 0.2) is 0 Å². The predicted molar refractivity (Wildman–Crippen MR) is 37.6 cm³/mol. The number of hydrogen-bond donors (Lipinski definition) is 2. The Kier molecular flexibility index (Phi) is 1.12. The van der Waals surface area contributed by atoms with Gasteiger partial charge in [-0.1, -0.05) is 0 Å². The number of amides is 1. The van der Waals surface area contributed by atoms with Crippen molar-refractivity contribution < 1.29 is 9.59 Å². The molecule has 1 aliphatic carbocycles. The fourth-order valence-corrected chi connectivity index (χ4v) is 1.94. The predicted octanol–water partition coefficient (Wildman–Crippen LogP) is -1.35. The van der Waals surface area contributed by atoms with E-state index in [1.165, 1.54) is 0 Å². The van der Waals surface area contributed by atoms with Gasteiger partial charge >= 0.3 is 0 Å². The number of rotatable bonds is 2. The fraction of sp³-hybridized carbons (Fsp3) is 0.714. The van der Waals surface area contributed by atoms with Crippen LogP contribution >= 0.6 is 0 Å². The summed E-state index contributed by atoms with van der Waals surface area (Å²) in [6, 6.07) is 0. The largest absolute Gasteiger partial charge is 0.363 e. The summed E-state index contributed by atoms with van der Waals surface area (Å²) < 4.78 is 0. The number of nitrogens with two attached hydrogens (primary N) is 1. The number of fused-ring (bicyclic) bond motifs is 1. The van der Waals surface area contributed by atoms with Crippen LogP contribution in [0.3, 0.4) is 0 Å². The standard InChI is InChI=1S/C7H10N2O2/c8-6(11)5(10)7-1-4(7)2-9-3-7/h4,9H,1-3H2,(H2,8,11). The van der Waals surface area contributed by atoms with E-state index in [-0.39, 0.29) is 11.2 Å². The lowest BCUT2D eigenvalue weighted by Gasteiger charge is -2.05. The van der Waals surface area contributed by atoms with Crippen LogP contribution in [0.15, 0.2) is 0 Å². The van der Waals surface area contributed by atoms with E-state index in [9.17, 15) is 9.59 Å². The van der Waals surface area contributed by atoms with Gasteiger partial charge < -0.3 is 11.1 Å². The molecule has 60 valence electrons. The highest BCUT2D eigenvalue weighted by Crippen LogP contribution is 2.55. The zero-order valence-corrected chi connectivity index (χ0v) is 6.09. The molecule has 1 saturated carbocycles. The molecule has 0 aromatic heterocycles. The van der Waals surface area contributed by atoms with Crippen LogP contribution < -0.4 is 11.1 Å². The van der Waals surface area contributed by atoms with Crippen LogP contribution in [0.1, 0.15) is 6.42 Å². The van der Waals surface area contributed by atoms with Crippen LogP contribution in [0.4, 0.5) is 0 Å². The first-order valence-corrected chi connectivity index (χ1v) is 3.72. The van der Waals surface area contributed by atoms with Crippen molar-refractivity contribution >= 4 is 11.7 Å². The molecule has 0 bridgehead atoms. The lowest BCUT2D eigenvalue weighted by atomic mass is 10.00. The summed E-state index contributed by atoms with van der Waals surface area (Å²) in [6.07, 6.45) is 0.849. The van der Waals surface area contributed by atoms with E-state index in [0.717, 1.165) is 13.0 Å². The lowest BCUT2D eigenvalue weighted by molar-refractivity contribution is -0.139. The molecule has 1 heterocycles. The molecule has 0 aromatic rings. The highest BCUT2D eigenvalue weighted by Gasteiger charge is 2.63. The Morgan fingerprint density at radius 2 is 2.27 bits per heavy atom. The first kappa shape index (κ1) is 6.79. The van der Waals surface area contributed by atoms with E-state index in [1.54, 1.807) is 0 Å². The normalized spacial score (nSPS) is 39.8. The topological polar surface area (TPSA) is 72.2 Å². The number of ketones is 1. The minimum atomic E-state index is -0.781. The van der Waals surface area contributed by atoms with Crippen molar-refractivity contribution in [3.05, 3.63) is 0 Å². The Balaban J connectivity index is 2.17. The molecule has 0 spiro atoms. The molecule has 1 amide bonds. The van der Waals surface area contributed by atoms with E-state index in [4.69, 9.17) is 5.73 Å². The first-order valence-electron chi connectivity index (χ1n) is 3.72. The minimum Gasteiger partial charge on any atom is -0.363 e. The SMILES string of the molecule is NC(=O)C(=O)C12CNCC1C2. The van der Waals surface area contributed by atoms with Crippen LogP contribution in [-0.4, -0.2) is 24.8 Å². The van der Waals surface area contributed by atoms with Gasteiger partial charge in [-0.3, -0.25) is 9.59 Å². The molecule has 2 atom stereocenters. The van der Waals surface area contributed by atoms with Gasteiger partial charge in [0.05, 0.1) is 5.41 Å². The minimum absolute atomic E-state index is 0.377. The summed E-state index contributed by atoms with van der Waals surface area (Å²) in [7, 11) is 0. The molecule has 11 heavy (non-hydrogen) atoms. The molecule has 4 heteroatoms. The second kappa shape index (κ2) is 1.82. The number of carbonyl (C=O) groups excluding carboxylic acids is 2. The molecule has 1 saturated heterocycles. The van der Waals surface area contributed by atoms with Gasteiger partial charge in [-0.25, -0.2) is 0 Å². The number of nitrogens with one attached hydrogen (secondary N) is 1. The highest BCUT2D eigenvalue weighted by atomic mass is 16.2. The number of primary amides is 1. The Hall–Kier alpha value is -0.900. The molecular weight excluding hydrogens is 144 g/mol. The van der Waals surface area contributed by atoms with Gasteiger partial charge in [0, 0.05) is 6.54 Å². The average Bonchev–Trinajstić information content (AvgIpc) is 2.54. The van der Waals surface area contributed by atoms with Gasteiger partial charge in [0.1, 0.15) is 0 Å². The van der Waals surface area contributed by atoms with Gasteiger partial charge in [0.25, 0.3) is 5.91 Å². The summed E-state index contributed by atoms with van der Waals surface area (Å²) in [5.41, 5.74) is 4.53. The summed E-state index contributed by atoms with van der Waals surface area (Å²) in [5.74, 6) is -0.786. The van der Waals surface area contributed by atoms with Crippen molar-refractivity contribution in [3.63, 3.8) is 0 Å². The molecule has 2 unspecified atom stereocenters. The molecule has 4 nitrogen and oxygen atoms in total. The molecular formula is C7H10N2O2. The van der Waals surface area contributed by atoms with Crippen LogP contribution in [-0.2, 0) is 9.59 Å². The molecule has 1 aliphatic heterocycles. The quantitative estimate of drug-likeness (QED) is 0.483. The molecule has 2 fully saturated rings. The Labute approximate surface area is 64.1 Å². The second-order valence-corrected chi connectivity index (χ2v) is 3.38. The van der Waals surface area contributed by atoms with E-state index in [0.29, 0.717) is 12.5 Å². The van der Waals surface area contributed by atoms with Crippen molar-refractivity contribution in [2.45, 2.75) is 6.42 Å². The van der Waals surface area contributed by atoms with Gasteiger partial charge in [-0.05, 0) is 18.9 Å². The van der Waals surface area contributed by atoms with Crippen molar-refractivity contribution in [1.82, 2.24) is 5.32 Å². The molecule has 0 aromatic carbocycles. The lowest BCUT2D eigenvalue weighted by Crippen LogP contribution is -2.34. The third kappa shape index (κ3) is 0.728. The molecule has 2 rings (SSSR count). The van der Waals surface area contributed by atoms with Crippen molar-refractivity contribution in [1.29, 1.82) is 0 Å². The van der Waals surface area contributed by atoms with Crippen molar-refractivity contribution in [2.24, 2.45) is 17.1 Å². The highest BCUT2D eigenvalue weighted by molar-refractivity contribution is 6.38. The van der Waals surface area contributed by atoms with E-state index in [1.807, 2.05) is 0 Å². The van der Waals surface area contributed by atoms with E-state index in [2.05, 4.69) is 5.32 Å². The Morgan fingerprint density at radius 1 is 1.55 bits per heavy atom. The molecule has 2 aliphatic rings. The Bertz CT molecular complexity index is 239. The number of hydrogen-bond acceptors (Lipinski definition) is 3. The van der Waals surface area contributed by atoms with Crippen LogP contribution in [0.25, 0.3) is 0 Å². The fourth-order valence-electron chi connectivity index (χ4n) is 1.94. The summed E-state index contributed by atoms with van der Waals surface area (Å²) in [5, 5.41) is 3.07. The number of Topliss-reactive ketones (excluding diaryl/α,β-unsaturated/α-hetero) is 1.